The highest BCUT2D eigenvalue weighted by Gasteiger charge is 2.46. The zero-order valence-corrected chi connectivity index (χ0v) is 32.6. The number of benzene rings is 6. The molecule has 6 aromatic carbocycles. The van der Waals surface area contributed by atoms with Crippen molar-refractivity contribution < 1.29 is 0 Å². The highest BCUT2D eigenvalue weighted by atomic mass is 15.2. The highest BCUT2D eigenvalue weighted by Crippen LogP contribution is 2.60. The van der Waals surface area contributed by atoms with Gasteiger partial charge in [0.05, 0.1) is 11.4 Å². The largest absolute Gasteiger partial charge is 0.310 e. The Balaban J connectivity index is 1.19. The van der Waals surface area contributed by atoms with Crippen molar-refractivity contribution in [2.75, 3.05) is 4.90 Å². The van der Waals surface area contributed by atoms with E-state index in [1.807, 2.05) is 0 Å². The Labute approximate surface area is 333 Å². The molecular weight excluding hydrogens is 675 g/mol. The van der Waals surface area contributed by atoms with Crippen LogP contribution in [-0.2, 0) is 10.8 Å². The molecular formula is C55H49N. The molecule has 6 aromatic rings. The lowest BCUT2D eigenvalue weighted by atomic mass is 9.76. The van der Waals surface area contributed by atoms with Gasteiger partial charge in [-0.1, -0.05) is 191 Å². The number of allylic oxidation sites excluding steroid dienone is 7. The molecule has 0 aliphatic heterocycles. The van der Waals surface area contributed by atoms with E-state index in [1.54, 1.807) is 0 Å². The molecule has 0 saturated heterocycles. The Hall–Kier alpha value is -5.92. The van der Waals surface area contributed by atoms with Gasteiger partial charge in [0, 0.05) is 27.7 Å². The first kappa shape index (κ1) is 34.6. The van der Waals surface area contributed by atoms with Gasteiger partial charge in [0.1, 0.15) is 0 Å². The molecule has 56 heavy (non-hydrogen) atoms. The Morgan fingerprint density at radius 3 is 1.88 bits per heavy atom. The third kappa shape index (κ3) is 5.59. The summed E-state index contributed by atoms with van der Waals surface area (Å²) in [5.74, 6) is 0.467. The lowest BCUT2D eigenvalue weighted by Gasteiger charge is -2.35. The Bertz CT molecular complexity index is 2570. The van der Waals surface area contributed by atoms with E-state index in [9.17, 15) is 0 Å². The van der Waals surface area contributed by atoms with E-state index >= 15 is 0 Å². The van der Waals surface area contributed by atoms with Crippen molar-refractivity contribution in [3.63, 3.8) is 0 Å². The molecule has 274 valence electrons. The van der Waals surface area contributed by atoms with E-state index in [2.05, 4.69) is 201 Å². The van der Waals surface area contributed by atoms with E-state index < -0.39 is 0 Å². The summed E-state index contributed by atoms with van der Waals surface area (Å²) >= 11 is 0. The number of hydrogen-bond donors (Lipinski definition) is 0. The predicted molar refractivity (Wildman–Crippen MR) is 237 cm³/mol. The van der Waals surface area contributed by atoms with Gasteiger partial charge in [-0.25, -0.2) is 0 Å². The van der Waals surface area contributed by atoms with Crippen molar-refractivity contribution in [1.29, 1.82) is 0 Å². The molecule has 2 atom stereocenters. The summed E-state index contributed by atoms with van der Waals surface area (Å²) in [4.78, 5) is 2.60. The van der Waals surface area contributed by atoms with Crippen LogP contribution in [0.4, 0.5) is 11.4 Å². The predicted octanol–water partition coefficient (Wildman–Crippen LogP) is 14.8. The maximum Gasteiger partial charge on any atom is 0.0543 e. The minimum absolute atomic E-state index is 0.0778. The van der Waals surface area contributed by atoms with Gasteiger partial charge in [-0.2, -0.15) is 0 Å². The number of fused-ring (bicyclic) bond motifs is 5. The maximum atomic E-state index is 2.60. The standard InChI is InChI=1S/C55H49N/c1-39-19-6-7-22-42(39)43-23-8-9-24-44(43)45-25-10-11-26-46(45)47-27-13-15-31-51(47)56(41-33-37-54(2,38-34-41)40-20-4-3-5-21-40)52-32-18-30-50-53(52)48-28-12-14-29-49(48)55(50)35-16-17-36-55/h3-15,18,20-34,37,39H,16-17,19,35-36,38H2,1-2H3. The van der Waals surface area contributed by atoms with Crippen LogP contribution >= 0.6 is 0 Å². The minimum Gasteiger partial charge on any atom is -0.310 e. The van der Waals surface area contributed by atoms with Crippen LogP contribution in [0.3, 0.4) is 0 Å². The fourth-order valence-corrected chi connectivity index (χ4v) is 10.4. The monoisotopic (exact) mass is 723 g/mol. The number of hydrogen-bond acceptors (Lipinski definition) is 1. The molecule has 10 rings (SSSR count). The van der Waals surface area contributed by atoms with E-state index in [0.717, 1.165) is 12.8 Å². The van der Waals surface area contributed by atoms with Crippen LogP contribution in [0.1, 0.15) is 74.6 Å². The van der Waals surface area contributed by atoms with Crippen molar-refractivity contribution in [2.24, 2.45) is 5.92 Å². The van der Waals surface area contributed by atoms with Gasteiger partial charge in [-0.05, 0) is 99.9 Å². The van der Waals surface area contributed by atoms with Gasteiger partial charge >= 0.3 is 0 Å². The molecule has 0 heterocycles. The van der Waals surface area contributed by atoms with Crippen molar-refractivity contribution in [2.45, 2.75) is 63.2 Å². The fourth-order valence-electron chi connectivity index (χ4n) is 10.4. The van der Waals surface area contributed by atoms with Crippen LogP contribution in [0, 0.1) is 5.92 Å². The SMILES string of the molecule is CC1CC=CC=C1c1ccccc1-c1ccccc1-c1ccccc1N(C1=CCC(C)(c2ccccc2)C=C1)c1cccc2c1-c1ccccc1C21CCCC1. The highest BCUT2D eigenvalue weighted by molar-refractivity contribution is 5.99. The Morgan fingerprint density at radius 2 is 1.16 bits per heavy atom. The van der Waals surface area contributed by atoms with Gasteiger partial charge in [0.25, 0.3) is 0 Å². The number of anilines is 2. The van der Waals surface area contributed by atoms with Crippen molar-refractivity contribution in [3.05, 3.63) is 210 Å². The molecule has 0 bridgehead atoms. The molecule has 4 aliphatic carbocycles. The quantitative estimate of drug-likeness (QED) is 0.159. The molecule has 4 aliphatic rings. The summed E-state index contributed by atoms with van der Waals surface area (Å²) in [6.07, 6.45) is 21.1. The normalized spacial score (nSPS) is 20.4. The van der Waals surface area contributed by atoms with Gasteiger partial charge in [0.15, 0.2) is 0 Å². The van der Waals surface area contributed by atoms with Crippen LogP contribution in [0.2, 0.25) is 0 Å². The summed E-state index contributed by atoms with van der Waals surface area (Å²) < 4.78 is 0. The van der Waals surface area contributed by atoms with Crippen molar-refractivity contribution in [1.82, 2.24) is 0 Å². The van der Waals surface area contributed by atoms with E-state index in [0.29, 0.717) is 5.92 Å². The summed E-state index contributed by atoms with van der Waals surface area (Å²) in [6.45, 7) is 4.72. The summed E-state index contributed by atoms with van der Waals surface area (Å²) in [6, 6.07) is 54.6. The lowest BCUT2D eigenvalue weighted by Crippen LogP contribution is -2.25. The molecule has 1 spiro atoms. The Kier molecular flexibility index (Phi) is 8.63. The zero-order valence-electron chi connectivity index (χ0n) is 32.6. The van der Waals surface area contributed by atoms with Crippen LogP contribution in [0.25, 0.3) is 39.0 Å². The summed E-state index contributed by atoms with van der Waals surface area (Å²) in [5, 5.41) is 0. The zero-order chi connectivity index (χ0) is 37.7. The first-order valence-electron chi connectivity index (χ1n) is 20.7. The topological polar surface area (TPSA) is 3.24 Å². The van der Waals surface area contributed by atoms with Crippen molar-refractivity contribution in [3.8, 4) is 33.4 Å². The molecule has 1 heteroatoms. The molecule has 1 fully saturated rings. The first-order valence-corrected chi connectivity index (χ1v) is 20.7. The fraction of sp³-hybridized carbons (Fsp3) is 0.200. The van der Waals surface area contributed by atoms with Crippen molar-refractivity contribution >= 4 is 16.9 Å². The number of rotatable bonds is 7. The maximum absolute atomic E-state index is 2.60. The van der Waals surface area contributed by atoms with Gasteiger partial charge < -0.3 is 4.90 Å². The van der Waals surface area contributed by atoms with Gasteiger partial charge in [-0.15, -0.1) is 0 Å². The van der Waals surface area contributed by atoms with Crippen LogP contribution < -0.4 is 4.90 Å². The average Bonchev–Trinajstić information content (AvgIpc) is 3.86. The molecule has 0 N–H and O–H groups in total. The summed E-state index contributed by atoms with van der Waals surface area (Å²) in [5.41, 5.74) is 18.6. The van der Waals surface area contributed by atoms with Crippen LogP contribution in [-0.4, -0.2) is 0 Å². The minimum atomic E-state index is -0.0778. The molecule has 1 saturated carbocycles. The van der Waals surface area contributed by atoms with E-state index in [-0.39, 0.29) is 10.8 Å². The number of para-hydroxylation sites is 1. The first-order chi connectivity index (χ1) is 27.6. The lowest BCUT2D eigenvalue weighted by molar-refractivity contribution is 0.550. The molecule has 0 radical (unpaired) electrons. The van der Waals surface area contributed by atoms with Gasteiger partial charge in [-0.3, -0.25) is 0 Å². The molecule has 2 unspecified atom stereocenters. The van der Waals surface area contributed by atoms with Crippen LogP contribution in [0.5, 0.6) is 0 Å². The Morgan fingerprint density at radius 1 is 0.571 bits per heavy atom. The van der Waals surface area contributed by atoms with E-state index in [1.165, 1.54) is 104 Å². The molecule has 1 nitrogen and oxygen atoms in total. The van der Waals surface area contributed by atoms with E-state index in [4.69, 9.17) is 0 Å². The smallest absolute Gasteiger partial charge is 0.0543 e. The second-order valence-electron chi connectivity index (χ2n) is 16.6. The molecule has 0 aromatic heterocycles. The third-order valence-electron chi connectivity index (χ3n) is 13.3. The van der Waals surface area contributed by atoms with Crippen LogP contribution in [0.15, 0.2) is 188 Å². The average molecular weight is 724 g/mol. The number of nitrogens with zero attached hydrogens (tertiary/aromatic N) is 1. The second kappa shape index (κ2) is 14.0. The van der Waals surface area contributed by atoms with Gasteiger partial charge in [0.2, 0.25) is 0 Å². The summed E-state index contributed by atoms with van der Waals surface area (Å²) in [7, 11) is 0. The second-order valence-corrected chi connectivity index (χ2v) is 16.6. The molecule has 0 amide bonds. The third-order valence-corrected chi connectivity index (χ3v) is 13.3.